The van der Waals surface area contributed by atoms with Gasteiger partial charge < -0.3 is 10.8 Å². The third-order valence-electron chi connectivity index (χ3n) is 3.00. The van der Waals surface area contributed by atoms with E-state index in [0.717, 1.165) is 16.4 Å². The Bertz CT molecular complexity index is 442. The van der Waals surface area contributed by atoms with Gasteiger partial charge in [-0.25, -0.2) is 5.06 Å². The number of hydroxylamine groups is 2. The van der Waals surface area contributed by atoms with Crippen LogP contribution in [0.15, 0.2) is 30.3 Å². The van der Waals surface area contributed by atoms with Gasteiger partial charge in [-0.1, -0.05) is 44.2 Å². The second-order valence-corrected chi connectivity index (χ2v) is 6.71. The molecule has 1 aromatic carbocycles. The van der Waals surface area contributed by atoms with Crippen molar-refractivity contribution < 1.29 is 14.7 Å². The number of carbonyl (C=O) groups excluding carboxylic acids is 1. The largest absolute Gasteiger partial charge is 0.381 e. The molecule has 6 heteroatoms. The number of hydrogen-bond donors (Lipinski definition) is 2. The molecular formula is C16H26N2O3S. The van der Waals surface area contributed by atoms with E-state index in [2.05, 4.69) is 13.8 Å². The molecule has 1 amide bonds. The minimum Gasteiger partial charge on any atom is -0.381 e. The number of amides is 1. The first kappa shape index (κ1) is 19.0. The molecule has 1 rings (SSSR count). The van der Waals surface area contributed by atoms with Crippen LogP contribution in [0, 0.1) is 5.92 Å². The Morgan fingerprint density at radius 3 is 2.55 bits per heavy atom. The number of carbonyl (C=O) groups is 1. The maximum absolute atomic E-state index is 12.1. The first-order chi connectivity index (χ1) is 10.4. The fourth-order valence-electron chi connectivity index (χ4n) is 1.71. The van der Waals surface area contributed by atoms with Gasteiger partial charge in [0, 0.05) is 18.8 Å². The number of benzene rings is 1. The molecule has 5 nitrogen and oxygen atoms in total. The average molecular weight is 326 g/mol. The van der Waals surface area contributed by atoms with E-state index in [1.165, 1.54) is 7.05 Å². The summed E-state index contributed by atoms with van der Waals surface area (Å²) in [5.74, 6) is 1.53. The molecule has 0 spiro atoms. The summed E-state index contributed by atoms with van der Waals surface area (Å²) >= 11 is 1.64. The summed E-state index contributed by atoms with van der Waals surface area (Å²) in [5, 5.41) is 11.1. The molecule has 3 N–H and O–H groups in total. The van der Waals surface area contributed by atoms with Crippen molar-refractivity contribution in [1.29, 1.82) is 0 Å². The van der Waals surface area contributed by atoms with E-state index in [-0.39, 0.29) is 6.61 Å². The van der Waals surface area contributed by atoms with Crippen LogP contribution in [0.1, 0.15) is 19.4 Å². The molecule has 2 atom stereocenters. The van der Waals surface area contributed by atoms with E-state index in [4.69, 9.17) is 10.6 Å². The molecule has 0 heterocycles. The molecule has 0 aliphatic carbocycles. The van der Waals surface area contributed by atoms with Crippen LogP contribution >= 0.6 is 11.8 Å². The van der Waals surface area contributed by atoms with Crippen LogP contribution in [-0.2, 0) is 16.2 Å². The summed E-state index contributed by atoms with van der Waals surface area (Å²) in [7, 11) is 1.49. The molecule has 0 aliphatic heterocycles. The summed E-state index contributed by atoms with van der Waals surface area (Å²) in [6.45, 7) is 4.50. The standard InChI is InChI=1S/C16H26N2O3S/c1-12(2)10-22-11-14(17)15(19)16(20)18(3)21-9-13-7-5-4-6-8-13/h4-8,12,14-15,19H,9-11,17H2,1-3H3/t14-,15+/m1/s1. The summed E-state index contributed by atoms with van der Waals surface area (Å²) < 4.78 is 0. The molecule has 0 fully saturated rings. The van der Waals surface area contributed by atoms with Gasteiger partial charge in [0.25, 0.3) is 5.91 Å². The zero-order chi connectivity index (χ0) is 16.5. The number of nitrogens with zero attached hydrogens (tertiary/aromatic N) is 1. The van der Waals surface area contributed by atoms with Crippen molar-refractivity contribution in [3.8, 4) is 0 Å². The van der Waals surface area contributed by atoms with Crippen LogP contribution in [0.2, 0.25) is 0 Å². The Morgan fingerprint density at radius 1 is 1.32 bits per heavy atom. The smallest absolute Gasteiger partial charge is 0.276 e. The minimum absolute atomic E-state index is 0.271. The molecule has 1 aromatic rings. The Kier molecular flexibility index (Phi) is 8.48. The van der Waals surface area contributed by atoms with E-state index >= 15 is 0 Å². The van der Waals surface area contributed by atoms with Crippen molar-refractivity contribution in [1.82, 2.24) is 5.06 Å². The zero-order valence-electron chi connectivity index (χ0n) is 13.4. The van der Waals surface area contributed by atoms with Crippen molar-refractivity contribution in [3.63, 3.8) is 0 Å². The summed E-state index contributed by atoms with van der Waals surface area (Å²) in [5.41, 5.74) is 6.83. The molecule has 124 valence electrons. The first-order valence-corrected chi connectivity index (χ1v) is 8.53. The highest BCUT2D eigenvalue weighted by Crippen LogP contribution is 2.11. The van der Waals surface area contributed by atoms with Crippen LogP contribution < -0.4 is 5.73 Å². The van der Waals surface area contributed by atoms with Crippen molar-refractivity contribution in [2.24, 2.45) is 11.7 Å². The Morgan fingerprint density at radius 2 is 1.95 bits per heavy atom. The van der Waals surface area contributed by atoms with Gasteiger partial charge in [0.05, 0.1) is 0 Å². The molecule has 0 bridgehead atoms. The number of aliphatic hydroxyl groups excluding tert-OH is 1. The van der Waals surface area contributed by atoms with Gasteiger partial charge in [0.15, 0.2) is 6.10 Å². The fraction of sp³-hybridized carbons (Fsp3) is 0.562. The van der Waals surface area contributed by atoms with Gasteiger partial charge in [-0.2, -0.15) is 11.8 Å². The summed E-state index contributed by atoms with van der Waals surface area (Å²) in [6.07, 6.45) is -1.25. The van der Waals surface area contributed by atoms with Gasteiger partial charge in [-0.3, -0.25) is 9.63 Å². The lowest BCUT2D eigenvalue weighted by Gasteiger charge is -2.23. The van der Waals surface area contributed by atoms with Crippen molar-refractivity contribution in [2.45, 2.75) is 32.6 Å². The third-order valence-corrected chi connectivity index (χ3v) is 4.52. The molecule has 0 saturated carbocycles. The van der Waals surface area contributed by atoms with Gasteiger partial charge in [-0.05, 0) is 17.2 Å². The van der Waals surface area contributed by atoms with Gasteiger partial charge in [0.2, 0.25) is 0 Å². The Balaban J connectivity index is 2.37. The monoisotopic (exact) mass is 326 g/mol. The van der Waals surface area contributed by atoms with Crippen LogP contribution in [0.5, 0.6) is 0 Å². The van der Waals surface area contributed by atoms with Crippen molar-refractivity contribution in [2.75, 3.05) is 18.6 Å². The van der Waals surface area contributed by atoms with Crippen LogP contribution in [0.4, 0.5) is 0 Å². The van der Waals surface area contributed by atoms with Gasteiger partial charge in [-0.15, -0.1) is 0 Å². The van der Waals surface area contributed by atoms with Gasteiger partial charge >= 0.3 is 0 Å². The summed E-state index contributed by atoms with van der Waals surface area (Å²) in [6, 6.07) is 8.93. The first-order valence-electron chi connectivity index (χ1n) is 7.37. The molecule has 0 saturated heterocycles. The maximum atomic E-state index is 12.1. The third kappa shape index (κ3) is 6.79. The molecule has 0 aliphatic rings. The topological polar surface area (TPSA) is 75.8 Å². The lowest BCUT2D eigenvalue weighted by Crippen LogP contribution is -2.48. The average Bonchev–Trinajstić information content (AvgIpc) is 2.51. The van der Waals surface area contributed by atoms with Gasteiger partial charge in [0.1, 0.15) is 6.61 Å². The highest BCUT2D eigenvalue weighted by atomic mass is 32.2. The van der Waals surface area contributed by atoms with E-state index in [0.29, 0.717) is 11.7 Å². The quantitative estimate of drug-likeness (QED) is 0.675. The number of aliphatic hydroxyl groups is 1. The van der Waals surface area contributed by atoms with Crippen LogP contribution in [0.3, 0.4) is 0 Å². The molecule has 0 radical (unpaired) electrons. The highest BCUT2D eigenvalue weighted by molar-refractivity contribution is 7.99. The number of nitrogens with two attached hydrogens (primary N) is 1. The maximum Gasteiger partial charge on any atom is 0.276 e. The molecule has 0 unspecified atom stereocenters. The van der Waals surface area contributed by atoms with Crippen LogP contribution in [0.25, 0.3) is 0 Å². The van der Waals surface area contributed by atoms with E-state index in [9.17, 15) is 9.90 Å². The Labute approximate surface area is 136 Å². The van der Waals surface area contributed by atoms with Crippen molar-refractivity contribution in [3.05, 3.63) is 35.9 Å². The Hall–Kier alpha value is -1.08. The van der Waals surface area contributed by atoms with Crippen molar-refractivity contribution >= 4 is 17.7 Å². The predicted molar refractivity (Wildman–Crippen MR) is 90.1 cm³/mol. The van der Waals surface area contributed by atoms with Crippen LogP contribution in [-0.4, -0.2) is 46.8 Å². The fourth-order valence-corrected chi connectivity index (χ4v) is 2.77. The summed E-state index contributed by atoms with van der Waals surface area (Å²) in [4.78, 5) is 17.4. The zero-order valence-corrected chi connectivity index (χ0v) is 14.3. The number of hydrogen-bond acceptors (Lipinski definition) is 5. The second-order valence-electron chi connectivity index (χ2n) is 5.63. The SMILES string of the molecule is CC(C)CSC[C@@H](N)[C@H](O)C(=O)N(C)OCc1ccccc1. The lowest BCUT2D eigenvalue weighted by atomic mass is 10.2. The van der Waals surface area contributed by atoms with E-state index < -0.39 is 18.1 Å². The lowest BCUT2D eigenvalue weighted by molar-refractivity contribution is -0.191. The highest BCUT2D eigenvalue weighted by Gasteiger charge is 2.26. The minimum atomic E-state index is -1.25. The number of likely N-dealkylation sites (N-methyl/N-ethyl adjacent to an activating group) is 1. The molecule has 0 aromatic heterocycles. The second kappa shape index (κ2) is 9.84. The molecule has 22 heavy (non-hydrogen) atoms. The normalized spacial score (nSPS) is 13.9. The van der Waals surface area contributed by atoms with E-state index in [1.54, 1.807) is 11.8 Å². The number of rotatable bonds is 9. The van der Waals surface area contributed by atoms with E-state index in [1.807, 2.05) is 30.3 Å². The number of thioether (sulfide) groups is 1. The molecular weight excluding hydrogens is 300 g/mol. The predicted octanol–water partition coefficient (Wildman–Crippen LogP) is 1.65.